The van der Waals surface area contributed by atoms with E-state index in [0.717, 1.165) is 27.9 Å². The molecule has 3 aromatic carbocycles. The first-order valence-electron chi connectivity index (χ1n) is 12.3. The SMILES string of the molecule is CN1NC(Cc2ccccc2)n2cc(C(=O)NCc3ccc(Cl)cc3)c(=O)c3cc(CCCO)cc1c32. The number of hydrazine groups is 1. The Hall–Kier alpha value is -3.65. The third-order valence-electron chi connectivity index (χ3n) is 6.71. The van der Waals surface area contributed by atoms with Crippen LogP contribution in [0.15, 0.2) is 77.7 Å². The van der Waals surface area contributed by atoms with Crippen molar-refractivity contribution in [3.05, 3.63) is 110 Å². The van der Waals surface area contributed by atoms with E-state index in [-0.39, 0.29) is 30.3 Å². The summed E-state index contributed by atoms with van der Waals surface area (Å²) in [6.45, 7) is 0.349. The molecule has 2 heterocycles. The number of hydrogen-bond acceptors (Lipinski definition) is 5. The number of anilines is 1. The van der Waals surface area contributed by atoms with E-state index in [4.69, 9.17) is 11.6 Å². The van der Waals surface area contributed by atoms with Crippen LogP contribution in [0.2, 0.25) is 5.02 Å². The highest BCUT2D eigenvalue weighted by Crippen LogP contribution is 2.33. The van der Waals surface area contributed by atoms with Gasteiger partial charge in [-0.25, -0.2) is 5.43 Å². The number of aromatic nitrogens is 1. The Morgan fingerprint density at radius 3 is 2.54 bits per heavy atom. The summed E-state index contributed by atoms with van der Waals surface area (Å²) in [5, 5.41) is 15.3. The Morgan fingerprint density at radius 2 is 1.81 bits per heavy atom. The minimum atomic E-state index is -0.426. The van der Waals surface area contributed by atoms with E-state index in [1.807, 2.05) is 59.1 Å². The predicted octanol–water partition coefficient (Wildman–Crippen LogP) is 4.21. The van der Waals surface area contributed by atoms with Crippen LogP contribution in [0.1, 0.15) is 39.6 Å². The highest BCUT2D eigenvalue weighted by molar-refractivity contribution is 6.30. The molecule has 0 radical (unpaired) electrons. The molecule has 8 heteroatoms. The molecule has 0 bridgehead atoms. The Labute approximate surface area is 220 Å². The van der Waals surface area contributed by atoms with Crippen molar-refractivity contribution in [1.29, 1.82) is 0 Å². The Bertz CT molecular complexity index is 1490. The summed E-state index contributed by atoms with van der Waals surface area (Å²) in [5.41, 5.74) is 7.91. The van der Waals surface area contributed by atoms with Crippen LogP contribution in [-0.4, -0.2) is 29.2 Å². The number of amides is 1. The van der Waals surface area contributed by atoms with Gasteiger partial charge in [-0.15, -0.1) is 0 Å². The molecule has 1 atom stereocenters. The van der Waals surface area contributed by atoms with Crippen LogP contribution in [0.5, 0.6) is 0 Å². The molecule has 1 aromatic heterocycles. The van der Waals surface area contributed by atoms with E-state index in [0.29, 0.717) is 29.7 Å². The van der Waals surface area contributed by atoms with Gasteiger partial charge in [-0.05, 0) is 53.8 Å². The van der Waals surface area contributed by atoms with Gasteiger partial charge in [-0.2, -0.15) is 0 Å². The summed E-state index contributed by atoms with van der Waals surface area (Å²) >= 11 is 5.97. The first-order chi connectivity index (χ1) is 17.9. The van der Waals surface area contributed by atoms with Gasteiger partial charge in [0.05, 0.1) is 11.2 Å². The van der Waals surface area contributed by atoms with Crippen molar-refractivity contribution in [1.82, 2.24) is 15.3 Å². The zero-order valence-corrected chi connectivity index (χ0v) is 21.3. The fourth-order valence-corrected chi connectivity index (χ4v) is 4.96. The Kier molecular flexibility index (Phi) is 7.28. The van der Waals surface area contributed by atoms with Crippen molar-refractivity contribution >= 4 is 34.1 Å². The van der Waals surface area contributed by atoms with Crippen molar-refractivity contribution in [2.45, 2.75) is 32.0 Å². The van der Waals surface area contributed by atoms with E-state index in [9.17, 15) is 14.7 Å². The first kappa shape index (κ1) is 25.0. The van der Waals surface area contributed by atoms with Crippen LogP contribution in [0, 0.1) is 0 Å². The van der Waals surface area contributed by atoms with E-state index < -0.39 is 5.91 Å². The van der Waals surface area contributed by atoms with Crippen molar-refractivity contribution in [2.75, 3.05) is 18.7 Å². The lowest BCUT2D eigenvalue weighted by atomic mass is 10.0. The van der Waals surface area contributed by atoms with Gasteiger partial charge in [0.15, 0.2) is 0 Å². The van der Waals surface area contributed by atoms with E-state index in [1.165, 1.54) is 0 Å². The summed E-state index contributed by atoms with van der Waals surface area (Å²) in [7, 11) is 1.93. The van der Waals surface area contributed by atoms with Crippen LogP contribution in [0.4, 0.5) is 5.69 Å². The number of aliphatic hydroxyl groups excluding tert-OH is 1. The number of halogens is 1. The fraction of sp³-hybridized carbons (Fsp3) is 0.241. The fourth-order valence-electron chi connectivity index (χ4n) is 4.84. The highest BCUT2D eigenvalue weighted by atomic mass is 35.5. The van der Waals surface area contributed by atoms with Crippen molar-refractivity contribution in [2.24, 2.45) is 0 Å². The average Bonchev–Trinajstić information content (AvgIpc) is 2.91. The van der Waals surface area contributed by atoms with Gasteiger partial charge in [-0.3, -0.25) is 9.59 Å². The molecule has 0 aliphatic carbocycles. The number of pyridine rings is 1. The van der Waals surface area contributed by atoms with Crippen LogP contribution in [0.3, 0.4) is 0 Å². The maximum absolute atomic E-state index is 13.7. The van der Waals surface area contributed by atoms with E-state index in [1.54, 1.807) is 18.3 Å². The molecule has 3 N–H and O–H groups in total. The average molecular weight is 517 g/mol. The molecule has 5 rings (SSSR count). The third-order valence-corrected chi connectivity index (χ3v) is 6.96. The van der Waals surface area contributed by atoms with Gasteiger partial charge >= 0.3 is 0 Å². The lowest BCUT2D eigenvalue weighted by Gasteiger charge is -2.37. The molecular weight excluding hydrogens is 488 g/mol. The molecule has 190 valence electrons. The molecule has 37 heavy (non-hydrogen) atoms. The van der Waals surface area contributed by atoms with Crippen LogP contribution < -0.4 is 21.2 Å². The topological polar surface area (TPSA) is 86.6 Å². The zero-order valence-electron chi connectivity index (χ0n) is 20.6. The summed E-state index contributed by atoms with van der Waals surface area (Å²) in [5.74, 6) is -0.426. The standard InChI is InChI=1S/C29H29ClN4O3/c1-33-25-15-21(8-5-13-35)14-23-27(25)34(26(32-33)16-19-6-3-2-4-7-19)18-24(28(23)36)29(37)31-17-20-9-11-22(30)12-10-20/h2-4,6-7,9-12,14-15,18,26,32,35H,5,8,13,16-17H2,1H3,(H,31,37). The normalized spacial score (nSPS) is 14.7. The molecule has 0 spiro atoms. The number of carbonyl (C=O) groups is 1. The monoisotopic (exact) mass is 516 g/mol. The zero-order chi connectivity index (χ0) is 25.9. The van der Waals surface area contributed by atoms with Crippen LogP contribution >= 0.6 is 11.6 Å². The maximum Gasteiger partial charge on any atom is 0.257 e. The molecule has 0 fully saturated rings. The predicted molar refractivity (Wildman–Crippen MR) is 147 cm³/mol. The highest BCUT2D eigenvalue weighted by Gasteiger charge is 2.28. The number of carbonyl (C=O) groups excluding carboxylic acids is 1. The van der Waals surface area contributed by atoms with E-state index in [2.05, 4.69) is 22.9 Å². The van der Waals surface area contributed by atoms with Crippen molar-refractivity contribution < 1.29 is 9.90 Å². The largest absolute Gasteiger partial charge is 0.396 e. The molecule has 1 aliphatic rings. The van der Waals surface area contributed by atoms with E-state index >= 15 is 0 Å². The Balaban J connectivity index is 1.59. The van der Waals surface area contributed by atoms with Gasteiger partial charge in [0, 0.05) is 43.2 Å². The quantitative estimate of drug-likeness (QED) is 0.327. The molecule has 0 saturated heterocycles. The van der Waals surface area contributed by atoms with Gasteiger partial charge in [-0.1, -0.05) is 54.1 Å². The molecule has 0 saturated carbocycles. The number of aliphatic hydroxyl groups is 1. The van der Waals surface area contributed by atoms with Gasteiger partial charge in [0.25, 0.3) is 5.91 Å². The number of hydrogen-bond donors (Lipinski definition) is 3. The van der Waals surface area contributed by atoms with Gasteiger partial charge in [0.1, 0.15) is 11.7 Å². The number of nitrogens with one attached hydrogen (secondary N) is 2. The second-order valence-electron chi connectivity index (χ2n) is 9.32. The maximum atomic E-state index is 13.7. The summed E-state index contributed by atoms with van der Waals surface area (Å²) in [4.78, 5) is 27.0. The summed E-state index contributed by atoms with van der Waals surface area (Å²) < 4.78 is 2.01. The van der Waals surface area contributed by atoms with Crippen LogP contribution in [-0.2, 0) is 19.4 Å². The van der Waals surface area contributed by atoms with Gasteiger partial charge in [0.2, 0.25) is 5.43 Å². The summed E-state index contributed by atoms with van der Waals surface area (Å²) in [6, 6.07) is 21.2. The van der Waals surface area contributed by atoms with Crippen LogP contribution in [0.25, 0.3) is 10.9 Å². The molecule has 1 aliphatic heterocycles. The summed E-state index contributed by atoms with van der Waals surface area (Å²) in [6.07, 6.45) is 3.36. The minimum absolute atomic E-state index is 0.0674. The van der Waals surface area contributed by atoms with Gasteiger partial charge < -0.3 is 20.0 Å². The first-order valence-corrected chi connectivity index (χ1v) is 12.7. The molecule has 1 unspecified atom stereocenters. The molecular formula is C29H29ClN4O3. The Morgan fingerprint density at radius 1 is 1.05 bits per heavy atom. The number of nitrogens with zero attached hydrogens (tertiary/aromatic N) is 2. The lowest BCUT2D eigenvalue weighted by molar-refractivity contribution is 0.0949. The molecule has 4 aromatic rings. The number of rotatable bonds is 8. The second-order valence-corrected chi connectivity index (χ2v) is 9.76. The molecule has 1 amide bonds. The number of aryl methyl sites for hydroxylation is 1. The lowest BCUT2D eigenvalue weighted by Crippen LogP contribution is -2.46. The van der Waals surface area contributed by atoms with Crippen molar-refractivity contribution in [3.8, 4) is 0 Å². The second kappa shape index (κ2) is 10.8. The minimum Gasteiger partial charge on any atom is -0.396 e. The number of benzene rings is 3. The van der Waals surface area contributed by atoms with Crippen molar-refractivity contribution in [3.63, 3.8) is 0 Å². The smallest absolute Gasteiger partial charge is 0.257 e. The third kappa shape index (κ3) is 5.25. The molecule has 7 nitrogen and oxygen atoms in total.